The average molecular weight is 226 g/mol. The topological polar surface area (TPSA) is 0 Å². The third-order valence-corrected chi connectivity index (χ3v) is 5.73. The first kappa shape index (κ1) is 16.0. The third-order valence-electron chi connectivity index (χ3n) is 5.73. The summed E-state index contributed by atoms with van der Waals surface area (Å²) in [6, 6.07) is 0. The highest BCUT2D eigenvalue weighted by molar-refractivity contribution is 4.85. The predicted octanol–water partition coefficient (Wildman–Crippen LogP) is 5.62. The van der Waals surface area contributed by atoms with Crippen LogP contribution in [0.15, 0.2) is 0 Å². The van der Waals surface area contributed by atoms with Crippen molar-refractivity contribution >= 4 is 0 Å². The van der Waals surface area contributed by atoms with Gasteiger partial charge in [0, 0.05) is 0 Å². The van der Waals surface area contributed by atoms with Crippen molar-refractivity contribution in [3.63, 3.8) is 0 Å². The summed E-state index contributed by atoms with van der Waals surface area (Å²) < 4.78 is 0. The summed E-state index contributed by atoms with van der Waals surface area (Å²) in [5.41, 5.74) is 0.456. The van der Waals surface area contributed by atoms with Gasteiger partial charge in [0.15, 0.2) is 0 Å². The van der Waals surface area contributed by atoms with Gasteiger partial charge in [-0.3, -0.25) is 0 Å². The normalized spacial score (nSPS) is 20.6. The highest BCUT2D eigenvalue weighted by Gasteiger charge is 2.36. The van der Waals surface area contributed by atoms with Gasteiger partial charge in [0.25, 0.3) is 0 Å². The molecule has 0 aliphatic carbocycles. The van der Waals surface area contributed by atoms with Gasteiger partial charge in [-0.2, -0.15) is 0 Å². The van der Waals surface area contributed by atoms with Gasteiger partial charge in [-0.15, -0.1) is 0 Å². The van der Waals surface area contributed by atoms with E-state index in [1.54, 1.807) is 0 Å². The zero-order chi connectivity index (χ0) is 13.1. The molecular weight excluding hydrogens is 192 g/mol. The Morgan fingerprint density at radius 3 is 1.56 bits per heavy atom. The van der Waals surface area contributed by atoms with Crippen LogP contribution < -0.4 is 0 Å². The maximum Gasteiger partial charge on any atom is -0.0300 e. The van der Waals surface area contributed by atoms with E-state index in [9.17, 15) is 0 Å². The van der Waals surface area contributed by atoms with Crippen molar-refractivity contribution in [1.82, 2.24) is 0 Å². The lowest BCUT2D eigenvalue weighted by Crippen LogP contribution is -2.36. The van der Waals surface area contributed by atoms with Crippen molar-refractivity contribution in [3.8, 4) is 0 Å². The van der Waals surface area contributed by atoms with Crippen LogP contribution in [0.1, 0.15) is 68.7 Å². The van der Waals surface area contributed by atoms with Gasteiger partial charge < -0.3 is 0 Å². The van der Waals surface area contributed by atoms with Crippen molar-refractivity contribution in [3.05, 3.63) is 0 Å². The van der Waals surface area contributed by atoms with Crippen LogP contribution in [-0.2, 0) is 0 Å². The zero-order valence-electron chi connectivity index (χ0n) is 13.1. The van der Waals surface area contributed by atoms with Gasteiger partial charge in [0.05, 0.1) is 0 Å². The molecule has 4 unspecified atom stereocenters. The molecular formula is C16H34. The summed E-state index contributed by atoms with van der Waals surface area (Å²) in [5, 5.41) is 0. The molecule has 16 heavy (non-hydrogen) atoms. The van der Waals surface area contributed by atoms with Gasteiger partial charge in [-0.05, 0) is 35.0 Å². The largest absolute Gasteiger partial charge is 0.0651 e. The predicted molar refractivity (Wildman–Crippen MR) is 75.6 cm³/mol. The minimum atomic E-state index is 0.456. The molecule has 0 aromatic heterocycles. The molecule has 0 radical (unpaired) electrons. The fourth-order valence-electron chi connectivity index (χ4n) is 2.71. The molecule has 0 saturated heterocycles. The van der Waals surface area contributed by atoms with Crippen LogP contribution in [0.3, 0.4) is 0 Å². The first-order valence-corrected chi connectivity index (χ1v) is 7.16. The molecule has 0 spiro atoms. The molecule has 0 bridgehead atoms. The standard InChI is InChI=1S/C16H34/c1-10-12(4)16(8,9)15(7)14(6)13(5)11(2)3/h11-15H,10H2,1-9H3. The number of hydrogen-bond acceptors (Lipinski definition) is 0. The van der Waals surface area contributed by atoms with Gasteiger partial charge in [0.2, 0.25) is 0 Å². The molecule has 0 aliphatic rings. The summed E-state index contributed by atoms with van der Waals surface area (Å²) >= 11 is 0. The van der Waals surface area contributed by atoms with Gasteiger partial charge >= 0.3 is 0 Å². The van der Waals surface area contributed by atoms with E-state index in [4.69, 9.17) is 0 Å². The van der Waals surface area contributed by atoms with E-state index in [0.717, 1.165) is 29.6 Å². The Bertz CT molecular complexity index is 190. The maximum atomic E-state index is 2.45. The van der Waals surface area contributed by atoms with E-state index < -0.39 is 0 Å². The molecule has 0 heteroatoms. The lowest BCUT2D eigenvalue weighted by atomic mass is 9.62. The molecule has 0 N–H and O–H groups in total. The Morgan fingerprint density at radius 1 is 0.812 bits per heavy atom. The molecule has 0 saturated carbocycles. The molecule has 0 amide bonds. The van der Waals surface area contributed by atoms with E-state index >= 15 is 0 Å². The smallest absolute Gasteiger partial charge is 0.0300 e. The van der Waals surface area contributed by atoms with Crippen LogP contribution in [0.25, 0.3) is 0 Å². The van der Waals surface area contributed by atoms with E-state index in [0.29, 0.717) is 5.41 Å². The van der Waals surface area contributed by atoms with Crippen molar-refractivity contribution in [2.75, 3.05) is 0 Å². The molecule has 0 aromatic carbocycles. The molecule has 0 heterocycles. The van der Waals surface area contributed by atoms with Crippen molar-refractivity contribution in [1.29, 1.82) is 0 Å². The molecule has 4 atom stereocenters. The van der Waals surface area contributed by atoms with Crippen molar-refractivity contribution in [2.24, 2.45) is 35.0 Å². The minimum absolute atomic E-state index is 0.456. The van der Waals surface area contributed by atoms with Crippen LogP contribution in [0.5, 0.6) is 0 Å². The Morgan fingerprint density at radius 2 is 1.25 bits per heavy atom. The Kier molecular flexibility index (Phi) is 6.07. The highest BCUT2D eigenvalue weighted by atomic mass is 14.4. The quantitative estimate of drug-likeness (QED) is 0.551. The van der Waals surface area contributed by atoms with Crippen molar-refractivity contribution < 1.29 is 0 Å². The van der Waals surface area contributed by atoms with Gasteiger partial charge in [0.1, 0.15) is 0 Å². The lowest BCUT2D eigenvalue weighted by molar-refractivity contribution is 0.0599. The molecule has 98 valence electrons. The summed E-state index contributed by atoms with van der Waals surface area (Å²) in [5.74, 6) is 4.02. The average Bonchev–Trinajstić information content (AvgIpc) is 2.24. The molecule has 0 aliphatic heterocycles. The van der Waals surface area contributed by atoms with E-state index in [1.165, 1.54) is 6.42 Å². The van der Waals surface area contributed by atoms with Crippen molar-refractivity contribution in [2.45, 2.75) is 68.7 Å². The lowest BCUT2D eigenvalue weighted by Gasteiger charge is -2.43. The fraction of sp³-hybridized carbons (Fsp3) is 1.00. The van der Waals surface area contributed by atoms with Gasteiger partial charge in [-0.1, -0.05) is 68.7 Å². The first-order chi connectivity index (χ1) is 7.16. The molecule has 0 nitrogen and oxygen atoms in total. The van der Waals surface area contributed by atoms with Crippen LogP contribution in [0, 0.1) is 35.0 Å². The summed E-state index contributed by atoms with van der Waals surface area (Å²) in [4.78, 5) is 0. The Hall–Kier alpha value is 0. The molecule has 0 rings (SSSR count). The number of rotatable bonds is 6. The second-order valence-corrected chi connectivity index (χ2v) is 6.88. The first-order valence-electron chi connectivity index (χ1n) is 7.16. The Labute approximate surface area is 104 Å². The van der Waals surface area contributed by atoms with E-state index in [-0.39, 0.29) is 0 Å². The second kappa shape index (κ2) is 6.07. The minimum Gasteiger partial charge on any atom is -0.0651 e. The van der Waals surface area contributed by atoms with E-state index in [2.05, 4.69) is 62.3 Å². The summed E-state index contributed by atoms with van der Waals surface area (Å²) in [6.07, 6.45) is 1.29. The molecule has 0 fully saturated rings. The maximum absolute atomic E-state index is 2.45. The van der Waals surface area contributed by atoms with Crippen LogP contribution in [0.2, 0.25) is 0 Å². The fourth-order valence-corrected chi connectivity index (χ4v) is 2.71. The van der Waals surface area contributed by atoms with Crippen LogP contribution in [-0.4, -0.2) is 0 Å². The van der Waals surface area contributed by atoms with Crippen LogP contribution in [0.4, 0.5) is 0 Å². The summed E-state index contributed by atoms with van der Waals surface area (Å²) in [6.45, 7) is 21.6. The second-order valence-electron chi connectivity index (χ2n) is 6.88. The van der Waals surface area contributed by atoms with E-state index in [1.807, 2.05) is 0 Å². The molecule has 0 aromatic rings. The third kappa shape index (κ3) is 3.50. The SMILES string of the molecule is CCC(C)C(C)(C)C(C)C(C)C(C)C(C)C. The monoisotopic (exact) mass is 226 g/mol. The highest BCUT2D eigenvalue weighted by Crippen LogP contribution is 2.43. The van der Waals surface area contributed by atoms with Gasteiger partial charge in [-0.25, -0.2) is 0 Å². The zero-order valence-corrected chi connectivity index (χ0v) is 13.1. The number of hydrogen-bond donors (Lipinski definition) is 0. The van der Waals surface area contributed by atoms with Crippen LogP contribution >= 0.6 is 0 Å². The Balaban J connectivity index is 4.71. The summed E-state index contributed by atoms with van der Waals surface area (Å²) in [7, 11) is 0.